The van der Waals surface area contributed by atoms with Crippen LogP contribution in [0.2, 0.25) is 0 Å². The van der Waals surface area contributed by atoms with E-state index in [0.29, 0.717) is 45.3 Å². The Bertz CT molecular complexity index is 1740. The maximum absolute atomic E-state index is 13.8. The molecule has 2 aromatic carbocycles. The average molecular weight is 600 g/mol. The van der Waals surface area contributed by atoms with Gasteiger partial charge in [0.15, 0.2) is 0 Å². The molecule has 6 rings (SSSR count). The highest BCUT2D eigenvalue weighted by Crippen LogP contribution is 2.47. The number of carbonyl (C=O) groups is 2. The summed E-state index contributed by atoms with van der Waals surface area (Å²) < 4.78 is 25.2. The second-order valence-electron chi connectivity index (χ2n) is 11.5. The van der Waals surface area contributed by atoms with Crippen LogP contribution in [0.1, 0.15) is 65.8 Å². The Kier molecular flexibility index (Phi) is 7.89. The molecule has 4 aromatic rings. The van der Waals surface area contributed by atoms with Crippen molar-refractivity contribution in [2.24, 2.45) is 11.7 Å². The second kappa shape index (κ2) is 11.8. The van der Waals surface area contributed by atoms with E-state index in [2.05, 4.69) is 15.5 Å². The second-order valence-corrected chi connectivity index (χ2v) is 11.5. The van der Waals surface area contributed by atoms with Gasteiger partial charge in [-0.15, -0.1) is 5.10 Å². The normalized spacial score (nSPS) is 15.9. The number of pyridine rings is 1. The number of carbonyl (C=O) groups excluding carboxylic acids is 2. The highest BCUT2D eigenvalue weighted by molar-refractivity contribution is 6.00. The number of amides is 2. The maximum atomic E-state index is 13.8. The molecule has 2 aromatic heterocycles. The van der Waals surface area contributed by atoms with Gasteiger partial charge in [-0.25, -0.2) is 9.37 Å². The van der Waals surface area contributed by atoms with Gasteiger partial charge in [-0.3, -0.25) is 9.59 Å². The van der Waals surface area contributed by atoms with Crippen LogP contribution in [0.5, 0.6) is 11.5 Å². The number of primary amides is 1. The fourth-order valence-electron chi connectivity index (χ4n) is 5.57. The summed E-state index contributed by atoms with van der Waals surface area (Å²) in [5.41, 5.74) is 7.43. The van der Waals surface area contributed by atoms with E-state index >= 15 is 0 Å². The van der Waals surface area contributed by atoms with Gasteiger partial charge in [0.2, 0.25) is 5.91 Å². The molecule has 228 valence electrons. The zero-order chi connectivity index (χ0) is 31.0. The molecule has 2 amide bonds. The van der Waals surface area contributed by atoms with Gasteiger partial charge in [0.25, 0.3) is 5.91 Å². The van der Waals surface area contributed by atoms with E-state index in [0.717, 1.165) is 36.8 Å². The predicted octanol–water partition coefficient (Wildman–Crippen LogP) is 4.17. The van der Waals surface area contributed by atoms with Crippen molar-refractivity contribution in [1.82, 2.24) is 20.5 Å². The van der Waals surface area contributed by atoms with Crippen LogP contribution in [0, 0.1) is 11.7 Å². The minimum absolute atomic E-state index is 0.140. The lowest BCUT2D eigenvalue weighted by molar-refractivity contribution is -0.117. The van der Waals surface area contributed by atoms with Crippen LogP contribution < -0.4 is 20.5 Å². The number of nitrogens with zero attached hydrogens (tertiary/aromatic N) is 3. The number of hydrogen-bond acceptors (Lipinski definition) is 8. The van der Waals surface area contributed by atoms with Crippen molar-refractivity contribution < 1.29 is 28.6 Å². The van der Waals surface area contributed by atoms with Gasteiger partial charge in [0.05, 0.1) is 38.1 Å². The first-order valence-corrected chi connectivity index (χ1v) is 14.8. The minimum Gasteiger partial charge on any atom is -0.494 e. The fourth-order valence-corrected chi connectivity index (χ4v) is 5.57. The molecule has 0 bridgehead atoms. The third-order valence-corrected chi connectivity index (χ3v) is 8.19. The summed E-state index contributed by atoms with van der Waals surface area (Å²) in [5.74, 6) is -0.442. The Hall–Kier alpha value is -4.64. The first-order valence-electron chi connectivity index (χ1n) is 14.8. The smallest absolute Gasteiger partial charge is 0.251 e. The molecule has 44 heavy (non-hydrogen) atoms. The van der Waals surface area contributed by atoms with Crippen LogP contribution in [0.15, 0.2) is 48.5 Å². The third kappa shape index (κ3) is 5.92. The summed E-state index contributed by atoms with van der Waals surface area (Å²) in [6.07, 6.45) is 3.44. The molecule has 2 fully saturated rings. The quantitative estimate of drug-likeness (QED) is 0.220. The molecule has 4 N–H and O–H groups in total. The molecule has 0 spiro atoms. The van der Waals surface area contributed by atoms with Crippen LogP contribution >= 0.6 is 0 Å². The van der Waals surface area contributed by atoms with Crippen LogP contribution in [-0.4, -0.2) is 52.4 Å². The third-order valence-electron chi connectivity index (χ3n) is 8.19. The molecule has 10 nitrogen and oxygen atoms in total. The van der Waals surface area contributed by atoms with Gasteiger partial charge in [-0.2, -0.15) is 5.10 Å². The van der Waals surface area contributed by atoms with E-state index in [-0.39, 0.29) is 31.2 Å². The zero-order valence-corrected chi connectivity index (χ0v) is 24.6. The van der Waals surface area contributed by atoms with E-state index < -0.39 is 23.2 Å². The van der Waals surface area contributed by atoms with Crippen LogP contribution in [0.25, 0.3) is 22.2 Å². The number of fused-ring (bicyclic) bond motifs is 1. The molecule has 0 saturated heterocycles. The summed E-state index contributed by atoms with van der Waals surface area (Å²) in [6.45, 7) is 1.94. The van der Waals surface area contributed by atoms with Gasteiger partial charge < -0.3 is 25.6 Å². The number of aliphatic hydroxyl groups is 1. The van der Waals surface area contributed by atoms with E-state index in [1.165, 1.54) is 19.2 Å². The summed E-state index contributed by atoms with van der Waals surface area (Å²) in [5, 5.41) is 24.5. The number of nitrogens with two attached hydrogens (primary N) is 1. The van der Waals surface area contributed by atoms with Crippen molar-refractivity contribution in [3.05, 3.63) is 76.9 Å². The molecule has 2 aliphatic rings. The number of methoxy groups -OCH3 is 1. The summed E-state index contributed by atoms with van der Waals surface area (Å²) in [6, 6.07) is 12.6. The number of halogens is 1. The molecular formula is C33H34FN5O5. The summed E-state index contributed by atoms with van der Waals surface area (Å²) >= 11 is 0. The molecule has 2 heterocycles. The average Bonchev–Trinajstić information content (AvgIpc) is 3.93. The number of ether oxygens (including phenoxy) is 2. The maximum Gasteiger partial charge on any atom is 0.251 e. The van der Waals surface area contributed by atoms with Crippen LogP contribution in [0.3, 0.4) is 0 Å². The monoisotopic (exact) mass is 599 g/mol. The highest BCUT2D eigenvalue weighted by Gasteiger charge is 2.47. The minimum atomic E-state index is -1.56. The standard InChI is InChI=1S/C33H34FN5O5/c1-3-44-31-21(16-28(35)40)15-27(37-30(31)19-6-10-24(34)11-7-19)33(42,23-8-9-23)17-36-32(41)22-12-20-13-25(18-4-5-18)38-39-29(20)26(14-22)43-2/h6-7,10-15,18,23,42H,3-5,8-9,16-17H2,1-2H3,(H2,35,40)(H,36,41)/t33-/m1/s1. The molecular weight excluding hydrogens is 565 g/mol. The zero-order valence-electron chi connectivity index (χ0n) is 24.6. The van der Waals surface area contributed by atoms with Gasteiger partial charge in [0.1, 0.15) is 34.1 Å². The Morgan fingerprint density at radius 1 is 1.09 bits per heavy atom. The van der Waals surface area contributed by atoms with Crippen molar-refractivity contribution >= 4 is 22.7 Å². The van der Waals surface area contributed by atoms with E-state index in [9.17, 15) is 19.1 Å². The molecule has 2 saturated carbocycles. The Balaban J connectivity index is 1.36. The number of rotatable bonds is 12. The Labute approximate surface area is 253 Å². The van der Waals surface area contributed by atoms with Gasteiger partial charge in [0, 0.05) is 28.0 Å². The molecule has 0 aliphatic heterocycles. The lowest BCUT2D eigenvalue weighted by atomic mass is 9.90. The van der Waals surface area contributed by atoms with Crippen LogP contribution in [0.4, 0.5) is 4.39 Å². The van der Waals surface area contributed by atoms with E-state index in [1.54, 1.807) is 37.3 Å². The van der Waals surface area contributed by atoms with Crippen molar-refractivity contribution in [2.75, 3.05) is 20.3 Å². The van der Waals surface area contributed by atoms with Crippen LogP contribution in [-0.2, 0) is 16.8 Å². The Morgan fingerprint density at radius 3 is 2.48 bits per heavy atom. The predicted molar refractivity (Wildman–Crippen MR) is 161 cm³/mol. The summed E-state index contributed by atoms with van der Waals surface area (Å²) in [7, 11) is 1.51. The van der Waals surface area contributed by atoms with E-state index in [1.807, 2.05) is 6.07 Å². The fraction of sp³-hybridized carbons (Fsp3) is 0.364. The molecule has 11 heteroatoms. The number of aromatic nitrogens is 3. The topological polar surface area (TPSA) is 150 Å². The molecule has 0 radical (unpaired) electrons. The highest BCUT2D eigenvalue weighted by atomic mass is 19.1. The molecule has 2 aliphatic carbocycles. The number of benzene rings is 2. The summed E-state index contributed by atoms with van der Waals surface area (Å²) in [4.78, 5) is 30.4. The number of hydrogen-bond donors (Lipinski definition) is 3. The van der Waals surface area contributed by atoms with Gasteiger partial charge in [-0.05, 0) is 87.1 Å². The van der Waals surface area contributed by atoms with Crippen molar-refractivity contribution in [3.8, 4) is 22.8 Å². The van der Waals surface area contributed by atoms with E-state index in [4.69, 9.17) is 20.2 Å². The molecule has 0 unspecified atom stereocenters. The van der Waals surface area contributed by atoms with Gasteiger partial charge in [-0.1, -0.05) is 0 Å². The largest absolute Gasteiger partial charge is 0.494 e. The first kappa shape index (κ1) is 29.4. The lowest BCUT2D eigenvalue weighted by Crippen LogP contribution is -2.43. The van der Waals surface area contributed by atoms with Crippen molar-refractivity contribution in [1.29, 1.82) is 0 Å². The van der Waals surface area contributed by atoms with Crippen molar-refractivity contribution in [2.45, 2.75) is 50.5 Å². The SMILES string of the molecule is CCOc1c(CC(N)=O)cc([C@@](O)(CNC(=O)c2cc(OC)c3nnc(C4CC4)cc3c2)C2CC2)nc1-c1ccc(F)cc1. The van der Waals surface area contributed by atoms with Crippen molar-refractivity contribution in [3.63, 3.8) is 0 Å². The lowest BCUT2D eigenvalue weighted by Gasteiger charge is -2.30. The Morgan fingerprint density at radius 2 is 1.84 bits per heavy atom. The van der Waals surface area contributed by atoms with Gasteiger partial charge >= 0.3 is 0 Å². The molecule has 1 atom stereocenters. The first-order chi connectivity index (χ1) is 21.2. The number of nitrogens with one attached hydrogen (secondary N) is 1.